The summed E-state index contributed by atoms with van der Waals surface area (Å²) in [6.07, 6.45) is 6.48. The standard InChI is InChI=1S/C29H44N4O5/c1-10-15-19(4)31-25(35)24(21-17-14-13-16-20(21)11-2)33(29(8,9)12-3)26(36)22(18-23(30)34)32-27(37)38-28(5,6)7/h2,13-14,16-17,19,22,24H,10,12,15,18H2,1,3-9H3,(H2,30,34)(H,31,35)(H,32,37). The Kier molecular flexibility index (Phi) is 11.8. The molecule has 0 aliphatic heterocycles. The fraction of sp³-hybridized carbons (Fsp3) is 0.586. The van der Waals surface area contributed by atoms with Gasteiger partial charge in [-0.1, -0.05) is 44.4 Å². The minimum atomic E-state index is -1.37. The van der Waals surface area contributed by atoms with E-state index in [-0.39, 0.29) is 6.04 Å². The van der Waals surface area contributed by atoms with Crippen LogP contribution in [0.15, 0.2) is 24.3 Å². The second kappa shape index (κ2) is 13.8. The molecule has 3 unspecified atom stereocenters. The molecule has 0 bridgehead atoms. The monoisotopic (exact) mass is 528 g/mol. The first-order valence-corrected chi connectivity index (χ1v) is 13.0. The number of nitrogens with one attached hydrogen (secondary N) is 2. The van der Waals surface area contributed by atoms with Crippen molar-refractivity contribution in [2.75, 3.05) is 0 Å². The minimum absolute atomic E-state index is 0.156. The van der Waals surface area contributed by atoms with Crippen LogP contribution in [0.4, 0.5) is 4.79 Å². The number of amides is 4. The average molecular weight is 529 g/mol. The molecule has 1 rings (SSSR count). The van der Waals surface area contributed by atoms with Crippen LogP contribution in [0, 0.1) is 12.3 Å². The van der Waals surface area contributed by atoms with Gasteiger partial charge in [-0.05, 0) is 66.0 Å². The summed E-state index contributed by atoms with van der Waals surface area (Å²) < 4.78 is 5.32. The number of hydrogen-bond donors (Lipinski definition) is 3. The van der Waals surface area contributed by atoms with Gasteiger partial charge in [0.25, 0.3) is 0 Å². The van der Waals surface area contributed by atoms with Gasteiger partial charge in [-0.25, -0.2) is 4.79 Å². The minimum Gasteiger partial charge on any atom is -0.444 e. The van der Waals surface area contributed by atoms with E-state index in [9.17, 15) is 19.2 Å². The molecule has 0 aliphatic carbocycles. The van der Waals surface area contributed by atoms with Crippen LogP contribution in [-0.4, -0.2) is 51.9 Å². The van der Waals surface area contributed by atoms with Crippen molar-refractivity contribution in [2.24, 2.45) is 5.73 Å². The highest BCUT2D eigenvalue weighted by Gasteiger charge is 2.44. The van der Waals surface area contributed by atoms with Crippen molar-refractivity contribution in [3.8, 4) is 12.3 Å². The largest absolute Gasteiger partial charge is 0.444 e. The Bertz CT molecular complexity index is 1040. The number of benzene rings is 1. The van der Waals surface area contributed by atoms with Crippen molar-refractivity contribution < 1.29 is 23.9 Å². The summed E-state index contributed by atoms with van der Waals surface area (Å²) in [5.41, 5.74) is 4.64. The maximum absolute atomic E-state index is 14.2. The molecule has 9 heteroatoms. The van der Waals surface area contributed by atoms with E-state index in [0.29, 0.717) is 17.5 Å². The molecule has 0 radical (unpaired) electrons. The third-order valence-corrected chi connectivity index (χ3v) is 6.18. The molecule has 0 saturated heterocycles. The maximum atomic E-state index is 14.2. The van der Waals surface area contributed by atoms with Crippen LogP contribution in [0.25, 0.3) is 0 Å². The lowest BCUT2D eigenvalue weighted by molar-refractivity contribution is -0.150. The number of nitrogens with zero attached hydrogens (tertiary/aromatic N) is 1. The number of ether oxygens (including phenoxy) is 1. The lowest BCUT2D eigenvalue weighted by Gasteiger charge is -2.45. The lowest BCUT2D eigenvalue weighted by Crippen LogP contribution is -2.60. The maximum Gasteiger partial charge on any atom is 0.408 e. The van der Waals surface area contributed by atoms with Crippen LogP contribution >= 0.6 is 0 Å². The van der Waals surface area contributed by atoms with Crippen molar-refractivity contribution in [2.45, 2.75) is 110 Å². The second-order valence-corrected chi connectivity index (χ2v) is 11.1. The highest BCUT2D eigenvalue weighted by molar-refractivity contribution is 5.95. The van der Waals surface area contributed by atoms with Crippen LogP contribution in [0.1, 0.15) is 98.2 Å². The Labute approximate surface area is 227 Å². The predicted octanol–water partition coefficient (Wildman–Crippen LogP) is 3.80. The topological polar surface area (TPSA) is 131 Å². The Balaban J connectivity index is 3.75. The van der Waals surface area contributed by atoms with Crippen molar-refractivity contribution in [1.82, 2.24) is 15.5 Å². The van der Waals surface area contributed by atoms with Gasteiger partial charge in [0.1, 0.15) is 17.7 Å². The Morgan fingerprint density at radius 1 is 1.08 bits per heavy atom. The first-order valence-electron chi connectivity index (χ1n) is 13.0. The quantitative estimate of drug-likeness (QED) is 0.355. The van der Waals surface area contributed by atoms with Crippen molar-refractivity contribution in [3.63, 3.8) is 0 Å². The molecule has 0 heterocycles. The fourth-order valence-electron chi connectivity index (χ4n) is 4.06. The first kappa shape index (κ1) is 32.5. The average Bonchev–Trinajstić information content (AvgIpc) is 2.80. The fourth-order valence-corrected chi connectivity index (χ4v) is 4.06. The Hall–Kier alpha value is -3.54. The van der Waals surface area contributed by atoms with E-state index in [1.54, 1.807) is 45.0 Å². The zero-order valence-corrected chi connectivity index (χ0v) is 24.0. The number of hydrogen-bond acceptors (Lipinski definition) is 5. The highest BCUT2D eigenvalue weighted by atomic mass is 16.6. The number of nitrogens with two attached hydrogens (primary N) is 1. The molecule has 0 aromatic heterocycles. The van der Waals surface area contributed by atoms with Crippen molar-refractivity contribution >= 4 is 23.8 Å². The molecular formula is C29H44N4O5. The molecule has 9 nitrogen and oxygen atoms in total. The number of carbonyl (C=O) groups excluding carboxylic acids is 4. The van der Waals surface area contributed by atoms with E-state index < -0.39 is 53.5 Å². The lowest BCUT2D eigenvalue weighted by atomic mass is 9.89. The van der Waals surface area contributed by atoms with Crippen molar-refractivity contribution in [3.05, 3.63) is 35.4 Å². The number of carbonyl (C=O) groups is 4. The van der Waals surface area contributed by atoms with Gasteiger partial charge in [-0.3, -0.25) is 14.4 Å². The Morgan fingerprint density at radius 3 is 2.18 bits per heavy atom. The highest BCUT2D eigenvalue weighted by Crippen LogP contribution is 2.34. The zero-order valence-electron chi connectivity index (χ0n) is 24.0. The number of rotatable bonds is 12. The van der Waals surface area contributed by atoms with Gasteiger partial charge in [-0.2, -0.15) is 0 Å². The molecule has 4 amide bonds. The molecule has 0 spiro atoms. The van der Waals surface area contributed by atoms with E-state index in [1.165, 1.54) is 4.90 Å². The van der Waals surface area contributed by atoms with Crippen LogP contribution in [0.3, 0.4) is 0 Å². The summed E-state index contributed by atoms with van der Waals surface area (Å²) in [7, 11) is 0. The smallest absolute Gasteiger partial charge is 0.408 e. The van der Waals surface area contributed by atoms with Crippen LogP contribution < -0.4 is 16.4 Å². The summed E-state index contributed by atoms with van der Waals surface area (Å²) >= 11 is 0. The number of terminal acetylenes is 1. The van der Waals surface area contributed by atoms with Gasteiger partial charge in [0.2, 0.25) is 17.7 Å². The third kappa shape index (κ3) is 9.40. The zero-order chi connectivity index (χ0) is 29.3. The molecule has 38 heavy (non-hydrogen) atoms. The molecule has 1 aromatic carbocycles. The molecule has 1 aromatic rings. The van der Waals surface area contributed by atoms with Gasteiger partial charge >= 0.3 is 6.09 Å². The van der Waals surface area contributed by atoms with E-state index in [4.69, 9.17) is 16.9 Å². The van der Waals surface area contributed by atoms with Gasteiger partial charge in [0, 0.05) is 17.1 Å². The second-order valence-electron chi connectivity index (χ2n) is 11.1. The van der Waals surface area contributed by atoms with E-state index in [1.807, 2.05) is 34.6 Å². The first-order chi connectivity index (χ1) is 17.6. The van der Waals surface area contributed by atoms with Crippen LogP contribution in [-0.2, 0) is 19.1 Å². The van der Waals surface area contributed by atoms with E-state index in [2.05, 4.69) is 16.6 Å². The predicted molar refractivity (Wildman–Crippen MR) is 148 cm³/mol. The molecule has 210 valence electrons. The van der Waals surface area contributed by atoms with E-state index >= 15 is 0 Å². The van der Waals surface area contributed by atoms with Crippen LogP contribution in [0.2, 0.25) is 0 Å². The van der Waals surface area contributed by atoms with Crippen LogP contribution in [0.5, 0.6) is 0 Å². The van der Waals surface area contributed by atoms with Gasteiger partial charge in [-0.15, -0.1) is 6.42 Å². The Morgan fingerprint density at radius 2 is 1.68 bits per heavy atom. The number of alkyl carbamates (subject to hydrolysis) is 1. The third-order valence-electron chi connectivity index (χ3n) is 6.18. The van der Waals surface area contributed by atoms with Gasteiger partial charge in [0.05, 0.1) is 6.42 Å². The molecule has 0 aliphatic rings. The molecule has 0 saturated carbocycles. The van der Waals surface area contributed by atoms with Crippen molar-refractivity contribution in [1.29, 1.82) is 0 Å². The molecule has 0 fully saturated rings. The molecular weight excluding hydrogens is 484 g/mol. The van der Waals surface area contributed by atoms with Gasteiger partial charge < -0.3 is 26.0 Å². The normalized spacial score (nSPS) is 13.9. The molecule has 4 N–H and O–H groups in total. The summed E-state index contributed by atoms with van der Waals surface area (Å²) in [5, 5.41) is 5.50. The summed E-state index contributed by atoms with van der Waals surface area (Å²) in [4.78, 5) is 54.1. The van der Waals surface area contributed by atoms with E-state index in [0.717, 1.165) is 12.8 Å². The summed E-state index contributed by atoms with van der Waals surface area (Å²) in [5.74, 6) is 0.740. The SMILES string of the molecule is C#Cc1ccccc1C(C(=O)NC(C)CCC)N(C(=O)C(CC(N)=O)NC(=O)OC(C)(C)C)C(C)(C)CC. The summed E-state index contributed by atoms with van der Waals surface area (Å²) in [6.45, 7) is 14.5. The van der Waals surface area contributed by atoms with Gasteiger partial charge in [0.15, 0.2) is 0 Å². The number of primary amides is 1. The molecule has 3 atom stereocenters. The summed E-state index contributed by atoms with van der Waals surface area (Å²) in [6, 6.07) is 4.25.